The van der Waals surface area contributed by atoms with Gasteiger partial charge in [0.05, 0.1) is 5.60 Å². The number of nitrogens with one attached hydrogen (secondary N) is 1. The maximum Gasteiger partial charge on any atom is 0.389 e. The third-order valence-corrected chi connectivity index (χ3v) is 3.09. The van der Waals surface area contributed by atoms with Gasteiger partial charge >= 0.3 is 6.18 Å². The van der Waals surface area contributed by atoms with Gasteiger partial charge in [-0.05, 0) is 38.6 Å². The van der Waals surface area contributed by atoms with E-state index in [1.165, 1.54) is 6.92 Å². The lowest BCUT2D eigenvalue weighted by molar-refractivity contribution is -0.150. The number of halogens is 3. The van der Waals surface area contributed by atoms with Gasteiger partial charge in [-0.2, -0.15) is 13.2 Å². The Hall–Kier alpha value is -0.290. The average molecular weight is 225 g/mol. The second kappa shape index (κ2) is 4.70. The fourth-order valence-corrected chi connectivity index (χ4v) is 1.98. The number of hydrogen-bond acceptors (Lipinski definition) is 2. The largest absolute Gasteiger partial charge is 0.390 e. The van der Waals surface area contributed by atoms with Crippen LogP contribution in [0.3, 0.4) is 0 Å². The molecular formula is C10H18F3NO. The summed E-state index contributed by atoms with van der Waals surface area (Å²) in [5.41, 5.74) is -1.21. The SMILES string of the molecule is CC(O)(CCC(F)(F)F)C1CCCNC1. The summed E-state index contributed by atoms with van der Waals surface area (Å²) in [6.07, 6.45) is -3.56. The molecule has 0 saturated carbocycles. The standard InChI is InChI=1S/C10H18F3NO/c1-9(15,4-5-10(11,12)13)8-3-2-6-14-7-8/h8,14-15H,2-7H2,1H3. The van der Waals surface area contributed by atoms with E-state index < -0.39 is 18.2 Å². The number of alkyl halides is 3. The summed E-state index contributed by atoms with van der Waals surface area (Å²) >= 11 is 0. The van der Waals surface area contributed by atoms with Crippen LogP contribution >= 0.6 is 0 Å². The number of aliphatic hydroxyl groups is 1. The topological polar surface area (TPSA) is 32.3 Å². The molecule has 0 bridgehead atoms. The molecule has 2 atom stereocenters. The van der Waals surface area contributed by atoms with E-state index >= 15 is 0 Å². The normalized spacial score (nSPS) is 27.4. The predicted octanol–water partition coefficient (Wildman–Crippen LogP) is 2.08. The third-order valence-electron chi connectivity index (χ3n) is 3.09. The van der Waals surface area contributed by atoms with Crippen LogP contribution in [-0.2, 0) is 0 Å². The molecule has 0 radical (unpaired) electrons. The van der Waals surface area contributed by atoms with E-state index in [0.717, 1.165) is 19.4 Å². The van der Waals surface area contributed by atoms with Gasteiger partial charge < -0.3 is 10.4 Å². The number of rotatable bonds is 3. The van der Waals surface area contributed by atoms with Crippen molar-refractivity contribution < 1.29 is 18.3 Å². The molecule has 5 heteroatoms. The minimum absolute atomic E-state index is 0.0615. The summed E-state index contributed by atoms with van der Waals surface area (Å²) in [6, 6.07) is 0. The van der Waals surface area contributed by atoms with Crippen LogP contribution in [0.4, 0.5) is 13.2 Å². The van der Waals surface area contributed by atoms with Crippen LogP contribution in [0.5, 0.6) is 0 Å². The van der Waals surface area contributed by atoms with Gasteiger partial charge in [-0.3, -0.25) is 0 Å². The molecule has 1 rings (SSSR count). The second-order valence-electron chi connectivity index (χ2n) is 4.52. The van der Waals surface area contributed by atoms with Crippen molar-refractivity contribution in [2.75, 3.05) is 13.1 Å². The zero-order valence-corrected chi connectivity index (χ0v) is 8.90. The Labute approximate surface area is 87.9 Å². The monoisotopic (exact) mass is 225 g/mol. The zero-order chi connectivity index (χ0) is 11.5. The van der Waals surface area contributed by atoms with Crippen LogP contribution in [0.1, 0.15) is 32.6 Å². The van der Waals surface area contributed by atoms with Crippen molar-refractivity contribution in [1.82, 2.24) is 5.32 Å². The Morgan fingerprint density at radius 1 is 1.33 bits per heavy atom. The molecule has 2 unspecified atom stereocenters. The molecule has 0 spiro atoms. The number of hydrogen-bond donors (Lipinski definition) is 2. The van der Waals surface area contributed by atoms with Gasteiger partial charge in [0.1, 0.15) is 0 Å². The highest BCUT2D eigenvalue weighted by Gasteiger charge is 2.37. The molecule has 90 valence electrons. The highest BCUT2D eigenvalue weighted by atomic mass is 19.4. The minimum Gasteiger partial charge on any atom is -0.390 e. The highest BCUT2D eigenvalue weighted by molar-refractivity contribution is 4.86. The molecule has 15 heavy (non-hydrogen) atoms. The van der Waals surface area contributed by atoms with Crippen LogP contribution in [0, 0.1) is 5.92 Å². The van der Waals surface area contributed by atoms with Crippen molar-refractivity contribution in [1.29, 1.82) is 0 Å². The number of piperidine rings is 1. The van der Waals surface area contributed by atoms with E-state index in [1.54, 1.807) is 0 Å². The third kappa shape index (κ3) is 4.38. The first-order chi connectivity index (χ1) is 6.81. The van der Waals surface area contributed by atoms with Crippen molar-refractivity contribution in [2.24, 2.45) is 5.92 Å². The van der Waals surface area contributed by atoms with E-state index in [2.05, 4.69) is 5.32 Å². The quantitative estimate of drug-likeness (QED) is 0.770. The van der Waals surface area contributed by atoms with Crippen LogP contribution < -0.4 is 5.32 Å². The Kier molecular flexibility index (Phi) is 4.00. The van der Waals surface area contributed by atoms with Crippen LogP contribution in [0.15, 0.2) is 0 Å². The smallest absolute Gasteiger partial charge is 0.389 e. The maximum absolute atomic E-state index is 12.0. The first-order valence-electron chi connectivity index (χ1n) is 5.31. The van der Waals surface area contributed by atoms with Crippen molar-refractivity contribution in [2.45, 2.75) is 44.4 Å². The van der Waals surface area contributed by atoms with Gasteiger partial charge in [-0.15, -0.1) is 0 Å². The van der Waals surface area contributed by atoms with Crippen molar-refractivity contribution in [3.8, 4) is 0 Å². The molecule has 0 aliphatic carbocycles. The molecule has 1 heterocycles. The van der Waals surface area contributed by atoms with E-state index in [9.17, 15) is 18.3 Å². The summed E-state index contributed by atoms with van der Waals surface area (Å²) < 4.78 is 36.1. The molecule has 0 aromatic carbocycles. The Balaban J connectivity index is 2.42. The van der Waals surface area contributed by atoms with Gasteiger partial charge in [0.25, 0.3) is 0 Å². The van der Waals surface area contributed by atoms with E-state index in [4.69, 9.17) is 0 Å². The lowest BCUT2D eigenvalue weighted by atomic mass is 9.80. The van der Waals surface area contributed by atoms with Crippen LogP contribution in [-0.4, -0.2) is 30.0 Å². The van der Waals surface area contributed by atoms with Gasteiger partial charge in [-0.25, -0.2) is 0 Å². The molecule has 1 saturated heterocycles. The molecule has 0 aromatic rings. The van der Waals surface area contributed by atoms with Crippen molar-refractivity contribution in [3.05, 3.63) is 0 Å². The maximum atomic E-state index is 12.0. The average Bonchev–Trinajstić information content (AvgIpc) is 2.16. The molecule has 0 amide bonds. The first-order valence-corrected chi connectivity index (χ1v) is 5.31. The molecule has 2 nitrogen and oxygen atoms in total. The lowest BCUT2D eigenvalue weighted by Crippen LogP contribution is -2.44. The Morgan fingerprint density at radius 2 is 2.00 bits per heavy atom. The van der Waals surface area contributed by atoms with Crippen LogP contribution in [0.25, 0.3) is 0 Å². The van der Waals surface area contributed by atoms with Crippen molar-refractivity contribution in [3.63, 3.8) is 0 Å². The van der Waals surface area contributed by atoms with E-state index in [0.29, 0.717) is 6.54 Å². The van der Waals surface area contributed by atoms with Gasteiger partial charge in [0.15, 0.2) is 0 Å². The minimum atomic E-state index is -4.17. The predicted molar refractivity (Wildman–Crippen MR) is 51.5 cm³/mol. The van der Waals surface area contributed by atoms with Gasteiger partial charge in [0.2, 0.25) is 0 Å². The zero-order valence-electron chi connectivity index (χ0n) is 8.90. The van der Waals surface area contributed by atoms with E-state index in [1.807, 2.05) is 0 Å². The summed E-state index contributed by atoms with van der Waals surface area (Å²) in [7, 11) is 0. The summed E-state index contributed by atoms with van der Waals surface area (Å²) in [4.78, 5) is 0. The Bertz CT molecular complexity index is 197. The molecule has 0 aromatic heterocycles. The highest BCUT2D eigenvalue weighted by Crippen LogP contribution is 2.32. The van der Waals surface area contributed by atoms with Crippen LogP contribution in [0.2, 0.25) is 0 Å². The lowest BCUT2D eigenvalue weighted by Gasteiger charge is -2.36. The molecule has 2 N–H and O–H groups in total. The molecular weight excluding hydrogens is 207 g/mol. The second-order valence-corrected chi connectivity index (χ2v) is 4.52. The fraction of sp³-hybridized carbons (Fsp3) is 1.00. The van der Waals surface area contributed by atoms with E-state index in [-0.39, 0.29) is 12.3 Å². The summed E-state index contributed by atoms with van der Waals surface area (Å²) in [5, 5.41) is 13.1. The fourth-order valence-electron chi connectivity index (χ4n) is 1.98. The summed E-state index contributed by atoms with van der Waals surface area (Å²) in [5.74, 6) is -0.0615. The van der Waals surface area contributed by atoms with Gasteiger partial charge in [-0.1, -0.05) is 0 Å². The Morgan fingerprint density at radius 3 is 2.47 bits per heavy atom. The summed E-state index contributed by atoms with van der Waals surface area (Å²) in [6.45, 7) is 3.02. The molecule has 1 fully saturated rings. The van der Waals surface area contributed by atoms with Crippen molar-refractivity contribution >= 4 is 0 Å². The van der Waals surface area contributed by atoms with Gasteiger partial charge in [0, 0.05) is 13.0 Å². The molecule has 1 aliphatic rings. The molecule has 1 aliphatic heterocycles. The first kappa shape index (κ1) is 12.8.